The standard InChI is InChI=1S/C37H53Cl2N5O/c1-27(2)19-35-25-43(23-33(41)21-30-14-15-32(38)22-36(30)39)34(11-8-18-42-17-7-3-6-16-40)24-44(35)26-37(45)31-13-12-28-9-4-5-10-29(28)20-31/h4-5,9-10,12-15,20,22,27,33-35,42H,3,6-8,11,16-19,21,23-26,40-41H2,1-2H3/t33-,34+,35-/m1/s1. The Hall–Kier alpha value is -2.03. The number of hydrogen-bond donors (Lipinski definition) is 3. The van der Waals surface area contributed by atoms with Gasteiger partial charge in [-0.1, -0.05) is 85.9 Å². The second-order valence-electron chi connectivity index (χ2n) is 13.2. The minimum Gasteiger partial charge on any atom is -0.330 e. The molecule has 3 aromatic carbocycles. The van der Waals surface area contributed by atoms with E-state index < -0.39 is 0 Å². The van der Waals surface area contributed by atoms with Crippen LogP contribution in [0.25, 0.3) is 10.8 Å². The summed E-state index contributed by atoms with van der Waals surface area (Å²) in [5.74, 6) is 0.714. The lowest BCUT2D eigenvalue weighted by atomic mass is 9.94. The third-order valence-electron chi connectivity index (χ3n) is 9.00. The number of nitrogens with one attached hydrogen (secondary N) is 1. The van der Waals surface area contributed by atoms with E-state index in [1.165, 1.54) is 6.42 Å². The Balaban J connectivity index is 1.45. The predicted octanol–water partition coefficient (Wildman–Crippen LogP) is 6.80. The van der Waals surface area contributed by atoms with Gasteiger partial charge >= 0.3 is 0 Å². The average molecular weight is 655 g/mol. The molecule has 0 unspecified atom stereocenters. The van der Waals surface area contributed by atoms with Gasteiger partial charge in [0.2, 0.25) is 0 Å². The van der Waals surface area contributed by atoms with Gasteiger partial charge < -0.3 is 16.8 Å². The third-order valence-corrected chi connectivity index (χ3v) is 9.59. The number of rotatable bonds is 18. The molecule has 246 valence electrons. The van der Waals surface area contributed by atoms with Gasteiger partial charge in [-0.2, -0.15) is 0 Å². The fraction of sp³-hybridized carbons (Fsp3) is 0.541. The van der Waals surface area contributed by atoms with Crippen molar-refractivity contribution in [1.82, 2.24) is 15.1 Å². The van der Waals surface area contributed by atoms with E-state index >= 15 is 0 Å². The van der Waals surface area contributed by atoms with Crippen molar-refractivity contribution in [3.05, 3.63) is 81.8 Å². The van der Waals surface area contributed by atoms with Gasteiger partial charge in [0.15, 0.2) is 5.78 Å². The Labute approximate surface area is 280 Å². The first kappa shape index (κ1) is 35.8. The maximum Gasteiger partial charge on any atom is 0.176 e. The Morgan fingerprint density at radius 3 is 2.42 bits per heavy atom. The van der Waals surface area contributed by atoms with Gasteiger partial charge in [-0.15, -0.1) is 0 Å². The summed E-state index contributed by atoms with van der Waals surface area (Å²) >= 11 is 12.6. The predicted molar refractivity (Wildman–Crippen MR) is 192 cm³/mol. The number of carbonyl (C=O) groups excluding carboxylic acids is 1. The number of hydrogen-bond acceptors (Lipinski definition) is 6. The van der Waals surface area contributed by atoms with E-state index in [9.17, 15) is 4.79 Å². The highest BCUT2D eigenvalue weighted by molar-refractivity contribution is 6.35. The van der Waals surface area contributed by atoms with Crippen LogP contribution in [0.15, 0.2) is 60.7 Å². The van der Waals surface area contributed by atoms with Crippen molar-refractivity contribution in [2.24, 2.45) is 17.4 Å². The molecule has 4 rings (SSSR count). The Kier molecular flexibility index (Phi) is 14.6. The quantitative estimate of drug-likeness (QED) is 0.103. The molecule has 0 aromatic heterocycles. The van der Waals surface area contributed by atoms with Crippen molar-refractivity contribution in [3.8, 4) is 0 Å². The monoisotopic (exact) mass is 653 g/mol. The minimum absolute atomic E-state index is 0.0580. The Morgan fingerprint density at radius 2 is 1.67 bits per heavy atom. The summed E-state index contributed by atoms with van der Waals surface area (Å²) in [6.45, 7) is 10.3. The molecule has 0 aliphatic carbocycles. The van der Waals surface area contributed by atoms with Gasteiger partial charge in [0.1, 0.15) is 0 Å². The lowest BCUT2D eigenvalue weighted by Gasteiger charge is -2.47. The fourth-order valence-electron chi connectivity index (χ4n) is 6.66. The summed E-state index contributed by atoms with van der Waals surface area (Å²) < 4.78 is 0. The van der Waals surface area contributed by atoms with Crippen LogP contribution >= 0.6 is 23.2 Å². The van der Waals surface area contributed by atoms with Crippen LogP contribution in [0.3, 0.4) is 0 Å². The van der Waals surface area contributed by atoms with E-state index in [-0.39, 0.29) is 17.9 Å². The van der Waals surface area contributed by atoms with Crippen LogP contribution in [0.5, 0.6) is 0 Å². The van der Waals surface area contributed by atoms with Crippen molar-refractivity contribution >= 4 is 39.8 Å². The fourth-order valence-corrected chi connectivity index (χ4v) is 7.15. The number of fused-ring (bicyclic) bond motifs is 1. The highest BCUT2D eigenvalue weighted by Crippen LogP contribution is 2.26. The molecule has 0 radical (unpaired) electrons. The number of halogens is 2. The molecule has 8 heteroatoms. The lowest BCUT2D eigenvalue weighted by Crippen LogP contribution is -2.61. The molecular weight excluding hydrogens is 601 g/mol. The number of carbonyl (C=O) groups is 1. The Bertz CT molecular complexity index is 1350. The zero-order valence-electron chi connectivity index (χ0n) is 27.2. The summed E-state index contributed by atoms with van der Waals surface area (Å²) in [5, 5.41) is 7.19. The smallest absolute Gasteiger partial charge is 0.176 e. The van der Waals surface area contributed by atoms with Gasteiger partial charge in [0.05, 0.1) is 6.54 Å². The van der Waals surface area contributed by atoms with Crippen LogP contribution in [0.4, 0.5) is 0 Å². The van der Waals surface area contributed by atoms with Crippen molar-refractivity contribution in [2.45, 2.75) is 76.9 Å². The van der Waals surface area contributed by atoms with Crippen LogP contribution in [0, 0.1) is 5.92 Å². The van der Waals surface area contributed by atoms with Gasteiger partial charge in [-0.25, -0.2) is 0 Å². The highest BCUT2D eigenvalue weighted by atomic mass is 35.5. The SMILES string of the molecule is CC(C)C[C@@H]1CN(C[C@H](N)Cc2ccc(Cl)cc2Cl)[C@@H](CCCNCCCCCN)CN1CC(=O)c1ccc2ccccc2c1. The molecule has 3 aromatic rings. The van der Waals surface area contributed by atoms with E-state index in [4.69, 9.17) is 34.7 Å². The van der Waals surface area contributed by atoms with Crippen LogP contribution in [0.1, 0.15) is 68.3 Å². The van der Waals surface area contributed by atoms with Crippen LogP contribution in [0.2, 0.25) is 10.0 Å². The molecule has 1 saturated heterocycles. The van der Waals surface area contributed by atoms with E-state index in [2.05, 4.69) is 47.2 Å². The first-order valence-corrected chi connectivity index (χ1v) is 17.6. The molecule has 6 nitrogen and oxygen atoms in total. The summed E-state index contributed by atoms with van der Waals surface area (Å²) in [6, 6.07) is 20.5. The average Bonchev–Trinajstić information content (AvgIpc) is 3.01. The number of piperazine rings is 1. The van der Waals surface area contributed by atoms with Crippen molar-refractivity contribution in [2.75, 3.05) is 45.8 Å². The molecule has 1 aliphatic heterocycles. The number of ketones is 1. The van der Waals surface area contributed by atoms with Crippen molar-refractivity contribution < 1.29 is 4.79 Å². The van der Waals surface area contributed by atoms with Crippen molar-refractivity contribution in [3.63, 3.8) is 0 Å². The zero-order valence-corrected chi connectivity index (χ0v) is 28.7. The second kappa shape index (κ2) is 18.3. The van der Waals surface area contributed by atoms with Crippen molar-refractivity contribution in [1.29, 1.82) is 0 Å². The first-order chi connectivity index (χ1) is 21.7. The highest BCUT2D eigenvalue weighted by Gasteiger charge is 2.35. The summed E-state index contributed by atoms with van der Waals surface area (Å²) in [4.78, 5) is 18.8. The topological polar surface area (TPSA) is 87.6 Å². The summed E-state index contributed by atoms with van der Waals surface area (Å²) in [6.07, 6.45) is 7.30. The molecular formula is C37H53Cl2N5O. The van der Waals surface area contributed by atoms with Crippen LogP contribution in [-0.4, -0.2) is 79.5 Å². The van der Waals surface area contributed by atoms with E-state index in [1.807, 2.05) is 36.4 Å². The van der Waals surface area contributed by atoms with E-state index in [1.54, 1.807) is 6.07 Å². The maximum atomic E-state index is 13.7. The molecule has 0 bridgehead atoms. The summed E-state index contributed by atoms with van der Waals surface area (Å²) in [7, 11) is 0. The summed E-state index contributed by atoms with van der Waals surface area (Å²) in [5.41, 5.74) is 14.3. The van der Waals surface area contributed by atoms with Crippen LogP contribution < -0.4 is 16.8 Å². The van der Waals surface area contributed by atoms with Gasteiger partial charge in [-0.05, 0) is 98.6 Å². The first-order valence-electron chi connectivity index (χ1n) is 16.8. The molecule has 1 aliphatic rings. The van der Waals surface area contributed by atoms with E-state index in [0.29, 0.717) is 35.0 Å². The maximum absolute atomic E-state index is 13.7. The van der Waals surface area contributed by atoms with Gasteiger partial charge in [-0.3, -0.25) is 14.6 Å². The number of nitrogens with two attached hydrogens (primary N) is 2. The van der Waals surface area contributed by atoms with Gasteiger partial charge in [0.25, 0.3) is 0 Å². The number of unbranched alkanes of at least 4 members (excludes halogenated alkanes) is 2. The van der Waals surface area contributed by atoms with Crippen LogP contribution in [-0.2, 0) is 6.42 Å². The third kappa shape index (κ3) is 11.3. The molecule has 0 saturated carbocycles. The molecule has 45 heavy (non-hydrogen) atoms. The Morgan fingerprint density at radius 1 is 0.911 bits per heavy atom. The molecule has 3 atom stereocenters. The molecule has 0 amide bonds. The van der Waals surface area contributed by atoms with E-state index in [0.717, 1.165) is 93.3 Å². The molecule has 5 N–H and O–H groups in total. The number of Topliss-reactive ketones (excluding diaryl/α,β-unsaturated/α-hetero) is 1. The molecule has 1 fully saturated rings. The molecule has 0 spiro atoms. The number of nitrogens with zero attached hydrogens (tertiary/aromatic N) is 2. The van der Waals surface area contributed by atoms with Gasteiger partial charge in [0, 0.05) is 53.4 Å². The minimum atomic E-state index is -0.0580. The second-order valence-corrected chi connectivity index (χ2v) is 14.1. The normalized spacial score (nSPS) is 18.6. The lowest BCUT2D eigenvalue weighted by molar-refractivity contribution is 0.0141. The zero-order chi connectivity index (χ0) is 32.2. The largest absolute Gasteiger partial charge is 0.330 e. The number of benzene rings is 3. The molecule has 1 heterocycles.